The molecule has 0 atom stereocenters. The Hall–Kier alpha value is -1.62. The summed E-state index contributed by atoms with van der Waals surface area (Å²) >= 11 is 3.14. The molecule has 0 saturated carbocycles. The average molecular weight is 342 g/mol. The van der Waals surface area contributed by atoms with Crippen LogP contribution in [0.2, 0.25) is 0 Å². The summed E-state index contributed by atoms with van der Waals surface area (Å²) in [6.07, 6.45) is 0. The highest BCUT2D eigenvalue weighted by molar-refractivity contribution is 9.10. The maximum absolute atomic E-state index is 13.6. The Kier molecular flexibility index (Phi) is 4.60. The third kappa shape index (κ3) is 3.28. The number of nitrogens with one attached hydrogen (secondary N) is 1. The van der Waals surface area contributed by atoms with Crippen LogP contribution >= 0.6 is 15.9 Å². The van der Waals surface area contributed by atoms with Gasteiger partial charge < -0.3 is 10.1 Å². The van der Waals surface area contributed by atoms with Gasteiger partial charge in [0.1, 0.15) is 5.82 Å². The summed E-state index contributed by atoms with van der Waals surface area (Å²) in [4.78, 5) is 0. The van der Waals surface area contributed by atoms with Crippen molar-refractivity contribution in [3.8, 4) is 5.75 Å². The number of anilines is 1. The number of aryl methyl sites for hydroxylation is 1. The molecular weight excluding hydrogens is 328 g/mol. The van der Waals surface area contributed by atoms with Crippen LogP contribution in [-0.2, 0) is 6.54 Å². The number of halogens is 3. The van der Waals surface area contributed by atoms with Crippen LogP contribution in [0.15, 0.2) is 34.8 Å². The fourth-order valence-electron chi connectivity index (χ4n) is 1.85. The molecule has 0 aromatic heterocycles. The minimum Gasteiger partial charge on any atom is -0.494 e. The van der Waals surface area contributed by atoms with E-state index in [2.05, 4.69) is 21.2 Å². The standard InChI is InChI=1S/C15H14BrF2NO/c1-9-5-11(16)12(17)7-14(9)19-8-10-3-4-15(20-2)13(18)6-10/h3-7,19H,8H2,1-2H3. The molecule has 0 radical (unpaired) electrons. The third-order valence-electron chi connectivity index (χ3n) is 2.97. The predicted octanol–water partition coefficient (Wildman–Crippen LogP) is 4.66. The van der Waals surface area contributed by atoms with Gasteiger partial charge in [-0.15, -0.1) is 0 Å². The summed E-state index contributed by atoms with van der Waals surface area (Å²) in [5, 5.41) is 3.09. The zero-order chi connectivity index (χ0) is 14.7. The molecule has 20 heavy (non-hydrogen) atoms. The summed E-state index contributed by atoms with van der Waals surface area (Å²) in [5.74, 6) is -0.538. The Morgan fingerprint density at radius 2 is 1.90 bits per heavy atom. The highest BCUT2D eigenvalue weighted by Gasteiger charge is 2.07. The van der Waals surface area contributed by atoms with Crippen LogP contribution in [0.1, 0.15) is 11.1 Å². The van der Waals surface area contributed by atoms with E-state index in [1.807, 2.05) is 6.92 Å². The Bertz CT molecular complexity index is 632. The molecule has 0 saturated heterocycles. The lowest BCUT2D eigenvalue weighted by atomic mass is 10.1. The first-order valence-corrected chi connectivity index (χ1v) is 6.82. The topological polar surface area (TPSA) is 21.3 Å². The number of methoxy groups -OCH3 is 1. The summed E-state index contributed by atoms with van der Waals surface area (Å²) in [5.41, 5.74) is 2.35. The van der Waals surface area contributed by atoms with Crippen LogP contribution in [0.3, 0.4) is 0 Å². The van der Waals surface area contributed by atoms with Crippen molar-refractivity contribution in [3.05, 3.63) is 57.6 Å². The maximum atomic E-state index is 13.6. The van der Waals surface area contributed by atoms with Gasteiger partial charge in [0, 0.05) is 12.2 Å². The van der Waals surface area contributed by atoms with Crippen LogP contribution in [0.25, 0.3) is 0 Å². The second-order valence-corrected chi connectivity index (χ2v) is 5.26. The largest absolute Gasteiger partial charge is 0.494 e. The Balaban J connectivity index is 2.13. The Labute approximate surface area is 124 Å². The van der Waals surface area contributed by atoms with Crippen molar-refractivity contribution in [2.24, 2.45) is 0 Å². The molecule has 5 heteroatoms. The molecule has 0 heterocycles. The first-order valence-electron chi connectivity index (χ1n) is 6.03. The minimum atomic E-state index is -0.412. The Morgan fingerprint density at radius 1 is 1.15 bits per heavy atom. The van der Waals surface area contributed by atoms with E-state index in [1.54, 1.807) is 18.2 Å². The summed E-state index contributed by atoms with van der Waals surface area (Å²) < 4.78 is 32.3. The molecule has 0 aliphatic carbocycles. The summed E-state index contributed by atoms with van der Waals surface area (Å²) in [6, 6.07) is 7.85. The van der Waals surface area contributed by atoms with E-state index in [4.69, 9.17) is 4.74 Å². The number of rotatable bonds is 4. The zero-order valence-electron chi connectivity index (χ0n) is 11.1. The fraction of sp³-hybridized carbons (Fsp3) is 0.200. The molecule has 2 aromatic carbocycles. The molecule has 0 aliphatic heterocycles. The van der Waals surface area contributed by atoms with Crippen LogP contribution in [0.4, 0.5) is 14.5 Å². The molecule has 2 aromatic rings. The maximum Gasteiger partial charge on any atom is 0.165 e. The predicted molar refractivity (Wildman–Crippen MR) is 79.1 cm³/mol. The van der Waals surface area contributed by atoms with Crippen molar-refractivity contribution in [1.29, 1.82) is 0 Å². The van der Waals surface area contributed by atoms with Gasteiger partial charge in [-0.1, -0.05) is 6.07 Å². The lowest BCUT2D eigenvalue weighted by Gasteiger charge is -2.11. The number of hydrogen-bond acceptors (Lipinski definition) is 2. The van der Waals surface area contributed by atoms with Gasteiger partial charge in [0.05, 0.1) is 11.6 Å². The van der Waals surface area contributed by atoms with E-state index in [0.29, 0.717) is 16.7 Å². The second-order valence-electron chi connectivity index (χ2n) is 4.40. The van der Waals surface area contributed by atoms with Crippen molar-refractivity contribution in [3.63, 3.8) is 0 Å². The third-order valence-corrected chi connectivity index (χ3v) is 3.57. The molecule has 0 bridgehead atoms. The highest BCUT2D eigenvalue weighted by atomic mass is 79.9. The quantitative estimate of drug-likeness (QED) is 0.873. The van der Waals surface area contributed by atoms with E-state index in [-0.39, 0.29) is 11.6 Å². The van der Waals surface area contributed by atoms with Crippen LogP contribution in [-0.4, -0.2) is 7.11 Å². The van der Waals surface area contributed by atoms with E-state index < -0.39 is 5.82 Å². The SMILES string of the molecule is COc1ccc(CNc2cc(F)c(Br)cc2C)cc1F. The number of hydrogen-bond donors (Lipinski definition) is 1. The van der Waals surface area contributed by atoms with Gasteiger partial charge in [-0.25, -0.2) is 8.78 Å². The zero-order valence-corrected chi connectivity index (χ0v) is 12.7. The van der Waals surface area contributed by atoms with Crippen molar-refractivity contribution < 1.29 is 13.5 Å². The highest BCUT2D eigenvalue weighted by Crippen LogP contribution is 2.25. The molecule has 0 spiro atoms. The van der Waals surface area contributed by atoms with Crippen molar-refractivity contribution >= 4 is 21.6 Å². The number of ether oxygens (including phenoxy) is 1. The van der Waals surface area contributed by atoms with E-state index in [0.717, 1.165) is 11.1 Å². The molecule has 106 valence electrons. The van der Waals surface area contributed by atoms with E-state index in [9.17, 15) is 8.78 Å². The molecule has 2 nitrogen and oxygen atoms in total. The average Bonchev–Trinajstić information content (AvgIpc) is 2.41. The van der Waals surface area contributed by atoms with E-state index >= 15 is 0 Å². The van der Waals surface area contributed by atoms with Crippen molar-refractivity contribution in [2.45, 2.75) is 13.5 Å². The van der Waals surface area contributed by atoms with Gasteiger partial charge in [-0.05, 0) is 58.2 Å². The van der Waals surface area contributed by atoms with Crippen molar-refractivity contribution in [1.82, 2.24) is 0 Å². The first kappa shape index (κ1) is 14.8. The van der Waals surface area contributed by atoms with Gasteiger partial charge >= 0.3 is 0 Å². The van der Waals surface area contributed by atoms with Crippen molar-refractivity contribution in [2.75, 3.05) is 12.4 Å². The van der Waals surface area contributed by atoms with Gasteiger partial charge in [-0.3, -0.25) is 0 Å². The normalized spacial score (nSPS) is 10.4. The van der Waals surface area contributed by atoms with Crippen LogP contribution in [0, 0.1) is 18.6 Å². The monoisotopic (exact) mass is 341 g/mol. The minimum absolute atomic E-state index is 0.208. The molecule has 2 rings (SSSR count). The molecule has 0 aliphatic rings. The first-order chi connectivity index (χ1) is 9.51. The lowest BCUT2D eigenvalue weighted by Crippen LogP contribution is -2.02. The molecule has 0 amide bonds. The second kappa shape index (κ2) is 6.22. The fourth-order valence-corrected chi connectivity index (χ4v) is 2.31. The van der Waals surface area contributed by atoms with Crippen LogP contribution in [0.5, 0.6) is 5.75 Å². The smallest absolute Gasteiger partial charge is 0.165 e. The summed E-state index contributed by atoms with van der Waals surface area (Å²) in [6.45, 7) is 2.28. The van der Waals surface area contributed by atoms with Gasteiger partial charge in [0.15, 0.2) is 11.6 Å². The van der Waals surface area contributed by atoms with Gasteiger partial charge in [0.2, 0.25) is 0 Å². The molecule has 0 fully saturated rings. The van der Waals surface area contributed by atoms with Gasteiger partial charge in [-0.2, -0.15) is 0 Å². The lowest BCUT2D eigenvalue weighted by molar-refractivity contribution is 0.386. The number of benzene rings is 2. The summed E-state index contributed by atoms with van der Waals surface area (Å²) in [7, 11) is 1.42. The van der Waals surface area contributed by atoms with Crippen LogP contribution < -0.4 is 10.1 Å². The molecule has 0 unspecified atom stereocenters. The van der Waals surface area contributed by atoms with Gasteiger partial charge in [0.25, 0.3) is 0 Å². The molecular formula is C15H14BrF2NO. The van der Waals surface area contributed by atoms with E-state index in [1.165, 1.54) is 19.2 Å². The molecule has 1 N–H and O–H groups in total. The Morgan fingerprint density at radius 3 is 2.55 bits per heavy atom.